The maximum absolute atomic E-state index is 16.0. The van der Waals surface area contributed by atoms with Crippen LogP contribution in [0, 0.1) is 17.5 Å². The van der Waals surface area contributed by atoms with Gasteiger partial charge in [-0.05, 0) is 37.8 Å². The van der Waals surface area contributed by atoms with E-state index in [1.165, 1.54) is 32.4 Å². The lowest BCUT2D eigenvalue weighted by atomic mass is 9.78. The summed E-state index contributed by atoms with van der Waals surface area (Å²) in [5, 5.41) is 1.79. The topological polar surface area (TPSA) is 116 Å². The Labute approximate surface area is 267 Å². The zero-order chi connectivity index (χ0) is 31.8. The molecule has 1 aliphatic carbocycles. The lowest BCUT2D eigenvalue weighted by molar-refractivity contribution is 0.00579. The van der Waals surface area contributed by atoms with Crippen LogP contribution in [0.25, 0.3) is 11.1 Å². The fraction of sp³-hybridized carbons (Fsp3) is 0.613. The number of alkyl halides is 1. The van der Waals surface area contributed by atoms with Gasteiger partial charge in [-0.1, -0.05) is 57.1 Å². The van der Waals surface area contributed by atoms with Crippen LogP contribution in [0.2, 0.25) is 0 Å². The maximum Gasteiger partial charge on any atom is 0.239 e. The van der Waals surface area contributed by atoms with Gasteiger partial charge in [-0.15, -0.1) is 11.6 Å². The summed E-state index contributed by atoms with van der Waals surface area (Å²) in [6.07, 6.45) is 9.31. The molecular weight excluding hydrogens is 629 g/mol. The molecule has 248 valence electrons. The summed E-state index contributed by atoms with van der Waals surface area (Å²) in [6.45, 7) is 0.756. The van der Waals surface area contributed by atoms with Gasteiger partial charge in [-0.25, -0.2) is 27.0 Å². The third-order valence-corrected chi connectivity index (χ3v) is 12.3. The summed E-state index contributed by atoms with van der Waals surface area (Å²) in [5.74, 6) is -3.08. The van der Waals surface area contributed by atoms with Crippen LogP contribution in [0.4, 0.5) is 24.5 Å². The second-order valence-electron chi connectivity index (χ2n) is 12.7. The number of methoxy groups -OCH3 is 1. The van der Waals surface area contributed by atoms with Crippen LogP contribution >= 0.6 is 11.6 Å². The molecule has 5 atom stereocenters. The molecular formula is C31H42ClF3N6O3S. The molecule has 0 amide bonds. The number of piperidine rings is 1. The van der Waals surface area contributed by atoms with Gasteiger partial charge in [-0.3, -0.25) is 20.9 Å². The van der Waals surface area contributed by atoms with Crippen molar-refractivity contribution in [2.75, 3.05) is 23.8 Å². The number of hydrogen-bond donors (Lipinski definition) is 6. The van der Waals surface area contributed by atoms with Crippen LogP contribution < -0.4 is 31.7 Å². The Morgan fingerprint density at radius 2 is 1.67 bits per heavy atom. The van der Waals surface area contributed by atoms with Crippen LogP contribution in [0.1, 0.15) is 82.2 Å². The molecule has 0 radical (unpaired) electrons. The Bertz CT molecular complexity index is 1490. The van der Waals surface area contributed by atoms with Gasteiger partial charge in [-0.2, -0.15) is 0 Å². The van der Waals surface area contributed by atoms with Crippen molar-refractivity contribution in [1.29, 1.82) is 0 Å². The zero-order valence-electron chi connectivity index (χ0n) is 25.3. The van der Waals surface area contributed by atoms with Gasteiger partial charge in [0.25, 0.3) is 0 Å². The van der Waals surface area contributed by atoms with Gasteiger partial charge in [0.2, 0.25) is 10.0 Å². The number of anilines is 2. The molecule has 6 rings (SSSR count). The summed E-state index contributed by atoms with van der Waals surface area (Å²) in [4.78, 5) is 0. The van der Waals surface area contributed by atoms with Crippen molar-refractivity contribution in [3.63, 3.8) is 0 Å². The van der Waals surface area contributed by atoms with Crippen LogP contribution in [0.15, 0.2) is 24.3 Å². The molecule has 0 bridgehead atoms. The third-order valence-electron chi connectivity index (χ3n) is 9.95. The number of hydrazine groups is 2. The lowest BCUT2D eigenvalue weighted by Crippen LogP contribution is -2.66. The van der Waals surface area contributed by atoms with Gasteiger partial charge in [0.05, 0.1) is 28.4 Å². The normalized spacial score (nSPS) is 28.9. The lowest BCUT2D eigenvalue weighted by Gasteiger charge is -2.48. The van der Waals surface area contributed by atoms with Crippen molar-refractivity contribution < 1.29 is 26.3 Å². The van der Waals surface area contributed by atoms with Gasteiger partial charge >= 0.3 is 0 Å². The SMILES string of the molecule is COC1NC2(CCCCCCCCC2)C(Cl)CC1S(=O)(=O)Nc1ccc(F)c(-c2ccc3c(c2F)NNC3C2CCNN2)c1F. The third kappa shape index (κ3) is 6.41. The first-order valence-corrected chi connectivity index (χ1v) is 17.9. The zero-order valence-corrected chi connectivity index (χ0v) is 26.9. The van der Waals surface area contributed by atoms with Crippen molar-refractivity contribution in [2.24, 2.45) is 0 Å². The van der Waals surface area contributed by atoms with E-state index in [4.69, 9.17) is 16.3 Å². The van der Waals surface area contributed by atoms with E-state index in [1.807, 2.05) is 0 Å². The quantitative estimate of drug-likeness (QED) is 0.222. The summed E-state index contributed by atoms with van der Waals surface area (Å²) in [5.41, 5.74) is 10.8. The highest BCUT2D eigenvalue weighted by molar-refractivity contribution is 7.93. The molecule has 45 heavy (non-hydrogen) atoms. The minimum Gasteiger partial charge on any atom is -0.365 e. The number of hydrogen-bond acceptors (Lipinski definition) is 8. The predicted molar refractivity (Wildman–Crippen MR) is 170 cm³/mol. The molecule has 0 aromatic heterocycles. The molecule has 1 spiro atoms. The van der Waals surface area contributed by atoms with E-state index in [1.54, 1.807) is 6.07 Å². The van der Waals surface area contributed by atoms with E-state index in [9.17, 15) is 8.42 Å². The number of fused-ring (bicyclic) bond motifs is 1. The van der Waals surface area contributed by atoms with Gasteiger partial charge in [0.15, 0.2) is 11.6 Å². The molecule has 5 unspecified atom stereocenters. The molecule has 2 aromatic carbocycles. The molecule has 4 aliphatic rings. The highest BCUT2D eigenvalue weighted by Gasteiger charge is 2.50. The maximum atomic E-state index is 16.0. The number of rotatable bonds is 6. The van der Waals surface area contributed by atoms with Crippen LogP contribution in [0.3, 0.4) is 0 Å². The molecule has 3 fully saturated rings. The Morgan fingerprint density at radius 3 is 2.33 bits per heavy atom. The van der Waals surface area contributed by atoms with Gasteiger partial charge in [0.1, 0.15) is 17.3 Å². The van der Waals surface area contributed by atoms with Crippen LogP contribution in [-0.4, -0.2) is 50.5 Å². The molecule has 14 heteroatoms. The molecule has 3 aliphatic heterocycles. The van der Waals surface area contributed by atoms with Crippen molar-refractivity contribution in [2.45, 2.75) is 105 Å². The van der Waals surface area contributed by atoms with E-state index in [-0.39, 0.29) is 29.8 Å². The first kappa shape index (κ1) is 32.8. The number of ether oxygens (including phenoxy) is 1. The van der Waals surface area contributed by atoms with Crippen LogP contribution in [-0.2, 0) is 14.8 Å². The van der Waals surface area contributed by atoms with E-state index in [0.29, 0.717) is 5.56 Å². The second kappa shape index (κ2) is 13.5. The number of sulfonamides is 1. The summed E-state index contributed by atoms with van der Waals surface area (Å²) >= 11 is 6.98. The minimum absolute atomic E-state index is 0.0102. The smallest absolute Gasteiger partial charge is 0.239 e. The molecule has 6 N–H and O–H groups in total. The van der Waals surface area contributed by atoms with Crippen LogP contribution in [0.5, 0.6) is 0 Å². The van der Waals surface area contributed by atoms with Crippen molar-refractivity contribution >= 4 is 33.0 Å². The standard InChI is InChI=1S/C31H42ClF3N6O3S/c1-44-30-23(17-24(32)31(37-30)14-7-5-3-2-4-6-8-15-31)45(42,43)41-21-12-11-20(33)25(27(21)35)18-9-10-19-28(22-13-16-36-38-22)39-40-29(19)26(18)34/h9-12,22-24,28,30,36-41H,2-8,13-17H2,1H3. The monoisotopic (exact) mass is 670 g/mol. The Kier molecular flexibility index (Phi) is 9.87. The largest absolute Gasteiger partial charge is 0.365 e. The molecule has 9 nitrogen and oxygen atoms in total. The first-order chi connectivity index (χ1) is 21.6. The fourth-order valence-electron chi connectivity index (χ4n) is 7.44. The van der Waals surface area contributed by atoms with Crippen molar-refractivity contribution in [1.82, 2.24) is 21.6 Å². The Balaban J connectivity index is 1.25. The Morgan fingerprint density at radius 1 is 0.956 bits per heavy atom. The number of halogens is 4. The molecule has 3 heterocycles. The summed E-state index contributed by atoms with van der Waals surface area (Å²) in [6, 6.07) is 4.60. The average molecular weight is 671 g/mol. The second-order valence-corrected chi connectivity index (χ2v) is 15.1. The number of nitrogens with one attached hydrogen (secondary N) is 6. The molecule has 1 saturated carbocycles. The van der Waals surface area contributed by atoms with Gasteiger partial charge < -0.3 is 10.2 Å². The minimum atomic E-state index is -4.30. The highest BCUT2D eigenvalue weighted by Crippen LogP contribution is 2.42. The van der Waals surface area contributed by atoms with Gasteiger partial charge in [0, 0.05) is 36.4 Å². The molecule has 2 aromatic rings. The average Bonchev–Trinajstić information content (AvgIpc) is 3.71. The fourth-order valence-corrected chi connectivity index (χ4v) is 9.59. The van der Waals surface area contributed by atoms with E-state index >= 15 is 13.2 Å². The summed E-state index contributed by atoms with van der Waals surface area (Å²) in [7, 11) is -2.87. The van der Waals surface area contributed by atoms with E-state index in [0.717, 1.165) is 63.6 Å². The molecule has 2 saturated heterocycles. The van der Waals surface area contributed by atoms with E-state index in [2.05, 4.69) is 31.7 Å². The highest BCUT2D eigenvalue weighted by atomic mass is 35.5. The first-order valence-electron chi connectivity index (χ1n) is 15.9. The van der Waals surface area contributed by atoms with E-state index < -0.39 is 61.1 Å². The number of benzene rings is 2. The Hall–Kier alpha value is -2.13. The summed E-state index contributed by atoms with van der Waals surface area (Å²) < 4.78 is 82.5. The van der Waals surface area contributed by atoms with Crippen molar-refractivity contribution in [3.8, 4) is 11.1 Å². The predicted octanol–water partition coefficient (Wildman–Crippen LogP) is 5.56. The van der Waals surface area contributed by atoms with Crippen molar-refractivity contribution in [3.05, 3.63) is 47.3 Å².